The van der Waals surface area contributed by atoms with Gasteiger partial charge in [0.15, 0.2) is 0 Å². The molecule has 0 bridgehead atoms. The molecule has 123 valence electrons. The van der Waals surface area contributed by atoms with Crippen molar-refractivity contribution in [1.82, 2.24) is 4.98 Å². The summed E-state index contributed by atoms with van der Waals surface area (Å²) in [5.74, 6) is 0. The first kappa shape index (κ1) is 17.1. The Labute approximate surface area is 157 Å². The van der Waals surface area contributed by atoms with Crippen molar-refractivity contribution in [2.75, 3.05) is 0 Å². The van der Waals surface area contributed by atoms with Crippen molar-refractivity contribution in [3.63, 3.8) is 0 Å². The van der Waals surface area contributed by atoms with Crippen LogP contribution in [0.2, 0.25) is 0 Å². The number of hydrogen-bond donors (Lipinski definition) is 0. The van der Waals surface area contributed by atoms with Gasteiger partial charge in [-0.2, -0.15) is 0 Å². The molecule has 3 aromatic rings. The fraction of sp³-hybridized carbons (Fsp3) is 0.227. The van der Waals surface area contributed by atoms with Crippen molar-refractivity contribution < 1.29 is 20.1 Å². The quantitative estimate of drug-likeness (QED) is 0.308. The van der Waals surface area contributed by atoms with Gasteiger partial charge in [0, 0.05) is 25.5 Å². The Hall–Kier alpha value is -1.76. The van der Waals surface area contributed by atoms with Crippen molar-refractivity contribution in [2.24, 2.45) is 0 Å². The molecule has 0 saturated carbocycles. The molecule has 1 aliphatic rings. The second kappa shape index (κ2) is 5.95. The minimum absolute atomic E-state index is 0. The topological polar surface area (TPSA) is 12.9 Å². The first-order chi connectivity index (χ1) is 10.9. The van der Waals surface area contributed by atoms with Crippen LogP contribution in [0.3, 0.4) is 0 Å². The fourth-order valence-electron chi connectivity index (χ4n) is 3.28. The van der Waals surface area contributed by atoms with Gasteiger partial charge in [-0.25, -0.2) is 0 Å². The van der Waals surface area contributed by atoms with Crippen LogP contribution in [0.4, 0.5) is 0 Å². The van der Waals surface area contributed by atoms with Gasteiger partial charge >= 0.3 is 0 Å². The normalized spacial score (nSPS) is 12.5. The second-order valence-corrected chi connectivity index (χ2v) is 7.31. The maximum absolute atomic E-state index is 4.93. The van der Waals surface area contributed by atoms with Gasteiger partial charge in [-0.15, -0.1) is 35.4 Å². The summed E-state index contributed by atoms with van der Waals surface area (Å²) in [6.07, 6.45) is 4.39. The van der Waals surface area contributed by atoms with Crippen molar-refractivity contribution in [3.05, 3.63) is 64.7 Å². The summed E-state index contributed by atoms with van der Waals surface area (Å²) >= 11 is 0. The van der Waals surface area contributed by atoms with E-state index in [9.17, 15) is 0 Å². The van der Waals surface area contributed by atoms with Crippen LogP contribution in [0, 0.1) is 13.0 Å². The summed E-state index contributed by atoms with van der Waals surface area (Å²) in [5.41, 5.74) is 8.42. The van der Waals surface area contributed by atoms with Gasteiger partial charge in [-0.3, -0.25) is 4.98 Å². The summed E-state index contributed by atoms with van der Waals surface area (Å²) < 4.78 is 0. The molecule has 0 aliphatic heterocycles. The molecule has 1 aromatic heterocycles. The number of nitrogens with zero attached hydrogens (tertiary/aromatic N) is 1. The zero-order valence-electron chi connectivity index (χ0n) is 14.4. The fourth-order valence-corrected chi connectivity index (χ4v) is 3.28. The van der Waals surface area contributed by atoms with E-state index in [1.54, 1.807) is 0 Å². The molecule has 2 aromatic carbocycles. The Morgan fingerprint density at radius 1 is 1.00 bits per heavy atom. The van der Waals surface area contributed by atoms with E-state index in [1.807, 2.05) is 0 Å². The Morgan fingerprint density at radius 2 is 1.79 bits per heavy atom. The van der Waals surface area contributed by atoms with E-state index in [0.29, 0.717) is 0 Å². The van der Waals surface area contributed by atoms with E-state index in [0.717, 1.165) is 16.8 Å². The number of aromatic nitrogens is 1. The van der Waals surface area contributed by atoms with E-state index in [1.165, 1.54) is 27.6 Å². The Morgan fingerprint density at radius 3 is 2.46 bits per heavy atom. The minimum atomic E-state index is 0. The van der Waals surface area contributed by atoms with Gasteiger partial charge in [0.2, 0.25) is 0 Å². The third-order valence-corrected chi connectivity index (χ3v) is 4.70. The Kier molecular flexibility index (Phi) is 4.23. The molecule has 24 heavy (non-hydrogen) atoms. The molecule has 0 spiro atoms. The van der Waals surface area contributed by atoms with E-state index in [2.05, 4.69) is 82.3 Å². The third-order valence-electron chi connectivity index (χ3n) is 4.70. The van der Waals surface area contributed by atoms with Gasteiger partial charge in [0.25, 0.3) is 0 Å². The molecule has 0 atom stereocenters. The average molecular weight is 491 g/mol. The molecule has 4 rings (SSSR count). The molecule has 0 unspecified atom stereocenters. The zero-order chi connectivity index (χ0) is 16.2. The van der Waals surface area contributed by atoms with Crippen LogP contribution in [-0.4, -0.2) is 4.98 Å². The molecule has 1 nitrogen and oxygen atoms in total. The smallest absolute Gasteiger partial charge is 0.0607 e. The first-order valence-corrected chi connectivity index (χ1v) is 8.09. The number of benzene rings is 2. The van der Waals surface area contributed by atoms with Crippen LogP contribution in [-0.2, 0) is 25.5 Å². The van der Waals surface area contributed by atoms with Gasteiger partial charge < -0.3 is 0 Å². The number of pyridine rings is 1. The Bertz CT molecular complexity index is 944. The van der Waals surface area contributed by atoms with Crippen LogP contribution in [0.1, 0.15) is 43.0 Å². The molecular weight excluding hydrogens is 470 g/mol. The maximum atomic E-state index is 4.93. The molecule has 0 N–H and O–H groups in total. The van der Waals surface area contributed by atoms with Gasteiger partial charge in [0.1, 0.15) is 0 Å². The van der Waals surface area contributed by atoms with Crippen molar-refractivity contribution in [1.29, 1.82) is 0 Å². The summed E-state index contributed by atoms with van der Waals surface area (Å²) in [6, 6.07) is 16.2. The zero-order valence-corrected chi connectivity index (χ0v) is 16.8. The molecule has 1 heterocycles. The van der Waals surface area contributed by atoms with E-state index < -0.39 is 0 Å². The Balaban J connectivity index is 0.00000169. The standard InChI is InChI=1S/C22H20N.Ir/c1-14-18-13-10-15-6-5-7-19(20(15)18)23-21(14)16-8-11-17(12-9-16)22(2,3)4;/h5-8,10-13H,1-4H3;/q-1;. The molecular formula is C22H20IrN-. The molecule has 2 heteroatoms. The van der Waals surface area contributed by atoms with Crippen LogP contribution in [0.5, 0.6) is 0 Å². The van der Waals surface area contributed by atoms with Crippen molar-refractivity contribution >= 4 is 23.1 Å². The number of hydrogen-bond acceptors (Lipinski definition) is 1. The largest absolute Gasteiger partial charge is 0.296 e. The summed E-state index contributed by atoms with van der Waals surface area (Å²) in [6.45, 7) is 8.84. The average Bonchev–Trinajstić information content (AvgIpc) is 2.96. The molecule has 0 amide bonds. The molecule has 0 fully saturated rings. The van der Waals surface area contributed by atoms with Gasteiger partial charge in [-0.1, -0.05) is 50.6 Å². The van der Waals surface area contributed by atoms with Crippen molar-refractivity contribution in [3.8, 4) is 11.3 Å². The maximum Gasteiger partial charge on any atom is 0.0607 e. The number of rotatable bonds is 1. The van der Waals surface area contributed by atoms with Gasteiger partial charge in [0.05, 0.1) is 5.52 Å². The van der Waals surface area contributed by atoms with Crippen LogP contribution < -0.4 is 0 Å². The summed E-state index contributed by atoms with van der Waals surface area (Å²) in [4.78, 5) is 4.93. The van der Waals surface area contributed by atoms with Crippen LogP contribution >= 0.6 is 0 Å². The van der Waals surface area contributed by atoms with Crippen LogP contribution in [0.25, 0.3) is 34.3 Å². The molecule has 0 saturated heterocycles. The van der Waals surface area contributed by atoms with E-state index in [-0.39, 0.29) is 25.5 Å². The van der Waals surface area contributed by atoms with E-state index >= 15 is 0 Å². The minimum Gasteiger partial charge on any atom is -0.296 e. The van der Waals surface area contributed by atoms with Crippen LogP contribution in [0.15, 0.2) is 36.4 Å². The third kappa shape index (κ3) is 2.64. The summed E-state index contributed by atoms with van der Waals surface area (Å²) in [7, 11) is 0. The monoisotopic (exact) mass is 491 g/mol. The molecule has 1 aliphatic carbocycles. The second-order valence-electron chi connectivity index (χ2n) is 7.31. The van der Waals surface area contributed by atoms with Crippen molar-refractivity contribution in [2.45, 2.75) is 33.1 Å². The predicted octanol–water partition coefficient (Wildman–Crippen LogP) is 5.79. The first-order valence-electron chi connectivity index (χ1n) is 8.09. The summed E-state index contributed by atoms with van der Waals surface area (Å²) in [5, 5.41) is 1.28. The van der Waals surface area contributed by atoms with Gasteiger partial charge in [-0.05, 0) is 35.2 Å². The predicted molar refractivity (Wildman–Crippen MR) is 98.4 cm³/mol. The SMILES string of the molecule is Cc1c(-c2[c-]cc(C(C)(C)C)cc2)nc2cccc3c2c1C=C3.[Ir]. The molecule has 1 radical (unpaired) electrons. The van der Waals surface area contributed by atoms with E-state index in [4.69, 9.17) is 4.98 Å².